The Morgan fingerprint density at radius 1 is 0.427 bits per heavy atom. The van der Waals surface area contributed by atoms with Gasteiger partial charge in [-0.1, -0.05) is 39.1 Å². The molecular formula is C86H114BBrN12O25S4W2-2. The summed E-state index contributed by atoms with van der Waals surface area (Å²) in [4.78, 5) is 91.7. The molecule has 5 N–H and O–H groups in total. The summed E-state index contributed by atoms with van der Waals surface area (Å²) in [6.07, 6.45) is 10.4. The number of hydrogen-bond donors (Lipinski definition) is 5. The molecule has 9 heterocycles. The van der Waals surface area contributed by atoms with Crippen LogP contribution >= 0.6 is 15.9 Å². The maximum absolute atomic E-state index is 13.2. The smallest absolute Gasteiger partial charge is 0.493 e. The van der Waals surface area contributed by atoms with Gasteiger partial charge in [0.15, 0.2) is 68.6 Å². The van der Waals surface area contributed by atoms with Crippen molar-refractivity contribution in [3.8, 4) is 46.0 Å². The number of sulfone groups is 4. The van der Waals surface area contributed by atoms with Gasteiger partial charge in [-0.3, -0.25) is 18.3 Å². The van der Waals surface area contributed by atoms with Gasteiger partial charge in [0.25, 0.3) is 0 Å². The van der Waals surface area contributed by atoms with Crippen LogP contribution in [0.15, 0.2) is 146 Å². The van der Waals surface area contributed by atoms with Gasteiger partial charge in [0, 0.05) is 102 Å². The van der Waals surface area contributed by atoms with E-state index in [0.717, 1.165) is 25.0 Å². The molecule has 1 aliphatic rings. The van der Waals surface area contributed by atoms with Gasteiger partial charge in [0.05, 0.1) is 154 Å². The molecule has 716 valence electrons. The van der Waals surface area contributed by atoms with E-state index in [1.165, 1.54) is 65.2 Å². The fraction of sp³-hybridized carbons (Fsp3) is 0.407. The zero-order chi connectivity index (χ0) is 91.6. The minimum Gasteiger partial charge on any atom is -0.493 e. The Balaban J connectivity index is 0.000000362. The van der Waals surface area contributed by atoms with Crippen molar-refractivity contribution in [1.29, 1.82) is 0 Å². The van der Waals surface area contributed by atoms with Crippen molar-refractivity contribution in [1.82, 2.24) is 58.1 Å². The summed E-state index contributed by atoms with van der Waals surface area (Å²) < 4.78 is 165. The van der Waals surface area contributed by atoms with Crippen LogP contribution in [0.4, 0.5) is 0 Å². The molecule has 37 nitrogen and oxygen atoms in total. The third-order valence-electron chi connectivity index (χ3n) is 20.1. The van der Waals surface area contributed by atoms with Gasteiger partial charge in [-0.2, -0.15) is 0 Å². The first-order valence-electron chi connectivity index (χ1n) is 39.1. The molecule has 13 rings (SSSR count). The number of hydrogen-bond acceptors (Lipinski definition) is 29. The van der Waals surface area contributed by atoms with Crippen molar-refractivity contribution in [2.24, 2.45) is 0 Å². The van der Waals surface area contributed by atoms with Crippen molar-refractivity contribution >= 4 is 118 Å². The van der Waals surface area contributed by atoms with Crippen LogP contribution < -0.4 is 66.1 Å². The second kappa shape index (κ2) is 47.6. The summed E-state index contributed by atoms with van der Waals surface area (Å²) in [6, 6.07) is 23.4. The first kappa shape index (κ1) is 113. The Morgan fingerprint density at radius 3 is 1.00 bits per heavy atom. The number of rotatable bonds is 32. The van der Waals surface area contributed by atoms with E-state index in [4.69, 9.17) is 51.9 Å². The summed E-state index contributed by atoms with van der Waals surface area (Å²) >= 11 is 3.32. The molecule has 1 fully saturated rings. The summed E-state index contributed by atoms with van der Waals surface area (Å²) in [5, 5.41) is 9.30. The molecule has 0 amide bonds. The fourth-order valence-electron chi connectivity index (χ4n) is 13.9. The van der Waals surface area contributed by atoms with Crippen molar-refractivity contribution in [2.75, 3.05) is 110 Å². The van der Waals surface area contributed by atoms with E-state index in [1.54, 1.807) is 110 Å². The van der Waals surface area contributed by atoms with Gasteiger partial charge >= 0.3 is 35.8 Å². The fourth-order valence-corrected chi connectivity index (χ4v) is 17.9. The molecule has 4 aromatic carbocycles. The second-order valence-electron chi connectivity index (χ2n) is 29.9. The molecule has 0 radical (unpaired) electrons. The van der Waals surface area contributed by atoms with Gasteiger partial charge in [-0.15, -0.1) is 0 Å². The second-order valence-corrected chi connectivity index (χ2v) is 39.6. The number of carbonyl (C=O) groups is 1. The summed E-state index contributed by atoms with van der Waals surface area (Å²) in [7, 11) is -8.44. The summed E-state index contributed by atoms with van der Waals surface area (Å²) in [5.74, 6) is 2.04. The quantitative estimate of drug-likeness (QED) is 0.0149. The number of aliphatic hydroxyl groups excluding tert-OH is 1. The predicted molar refractivity (Wildman–Crippen MR) is 501 cm³/mol. The number of nitrogens with one attached hydrogen (secondary N) is 4. The van der Waals surface area contributed by atoms with Crippen LogP contribution in [-0.4, -0.2) is 231 Å². The zero-order valence-corrected chi connectivity index (χ0v) is 85.4. The molecule has 4 atom stereocenters. The number of imidazole rings is 4. The van der Waals surface area contributed by atoms with Crippen LogP contribution in [0.5, 0.6) is 46.0 Å². The zero-order valence-electron chi connectivity index (χ0n) is 74.7. The van der Waals surface area contributed by atoms with E-state index in [1.807, 2.05) is 55.4 Å². The Labute approximate surface area is 799 Å². The normalized spacial score (nSPS) is 13.6. The molecule has 12 aromatic rings. The van der Waals surface area contributed by atoms with E-state index in [-0.39, 0.29) is 125 Å². The standard InChI is InChI=1S/C24H32BN3O7S.C21H25N3O7S.C19H23N3O6S.C18H20BrN3O5S.2CH4.2CH3.2W/c1-8-33-20-11-15(9-10-19(20)32-6)18(14-36(7,30)31)28-21-17(27-22(28)29)12-16(13-26-21)25-34-23(2,3)24(4,5)35-25;1-5-30-18-10-13(7-8-17(18)29-3)16(12-32(4,27)28)24-19-15(23-21(24)26)9-14(11-22-19)20(25)31-6-2;1-4-28-17-8-13(5-6-16(17)27-2)15(11-29(3,25)26)22-18-14(21-19(22)24)7-12(10-23)9-20-18;1-4-27-16-7-11(5-6-15(16)26-2)14(10-28(3,24)25)22-17-13(21-18(22)23)8-12(19)9-20-17;;;;;;/h9-13,18H,8,14H2,1-7H3,(H,27,29);7-11,16H,5-6,12H2,1-4H3,(H,23,26);5-9,15,23H,4,10-11H2,1-3H3,(H,21,24);5-9,14H,4,10H2,1-3H3,(H,21,23);2*1H4;2*1H3;;/q;;;;;;2*-1;;/t18-;16-;15-;14-;;;;;;/m1111....../s1. The Bertz CT molecular complexity index is 6680. The number of carbonyl (C=O) groups excluding carboxylic acids is 1. The van der Waals surface area contributed by atoms with Gasteiger partial charge in [0.2, 0.25) is 0 Å². The van der Waals surface area contributed by atoms with Gasteiger partial charge in [0.1, 0.15) is 39.3 Å². The van der Waals surface area contributed by atoms with Crippen LogP contribution in [0.2, 0.25) is 0 Å². The molecule has 45 heteroatoms. The molecule has 1 saturated heterocycles. The van der Waals surface area contributed by atoms with Gasteiger partial charge in [-0.25, -0.2) is 77.6 Å². The number of aromatic nitrogens is 12. The molecule has 0 bridgehead atoms. The van der Waals surface area contributed by atoms with Crippen LogP contribution in [0, 0.1) is 14.9 Å². The molecule has 0 spiro atoms. The van der Waals surface area contributed by atoms with Crippen molar-refractivity contribution in [2.45, 2.75) is 119 Å². The van der Waals surface area contributed by atoms with E-state index in [9.17, 15) is 62.8 Å². The van der Waals surface area contributed by atoms with E-state index < -0.39 is 111 Å². The molecule has 0 unspecified atom stereocenters. The summed E-state index contributed by atoms with van der Waals surface area (Å²) in [6.45, 7) is 18.4. The van der Waals surface area contributed by atoms with Gasteiger partial charge in [-0.05, 0) is 179 Å². The first-order chi connectivity index (χ1) is 58.9. The van der Waals surface area contributed by atoms with Crippen LogP contribution in [0.25, 0.3) is 44.7 Å². The maximum Gasteiger partial charge on any atom is 0.496 e. The number of ether oxygens (including phenoxy) is 9. The number of pyridine rings is 4. The van der Waals surface area contributed by atoms with E-state index in [0.29, 0.717) is 144 Å². The SMILES string of the molecule is C.C.CCOC(=O)c1cnc2c(c1)[nH]c(=O)n2[C@H](CS(C)(=O)=O)c1ccc(OC)c(OCC)c1.CCOc1cc([C@@H](CS(C)(=O)=O)n2c(=O)[nH]c3cc(B4OC(C)(C)C(C)(C)O4)cnc32)ccc1OC.CCOc1cc([C@@H](CS(C)(=O)=O)n2c(=O)[nH]c3cc(Br)cnc32)ccc1OC.CCOc1cc([C@@H](CS(C)(=O)=O)n2c(=O)[nH]c3cc(CO)cnc32)ccc1OC.[CH3-].[CH3-].[W].[W]. The largest absolute Gasteiger partial charge is 0.496 e. The topological polar surface area (TPSA) is 478 Å². The molecule has 0 aliphatic carbocycles. The Kier molecular flexibility index (Phi) is 41.2. The third kappa shape index (κ3) is 27.6. The Hall–Kier alpha value is -9.97. The monoisotopic (exact) mass is 2300 g/mol. The van der Waals surface area contributed by atoms with Gasteiger partial charge < -0.3 is 91.8 Å². The number of aromatic amines is 4. The van der Waals surface area contributed by atoms with Crippen LogP contribution in [0.3, 0.4) is 0 Å². The predicted octanol–water partition coefficient (Wildman–Crippen LogP) is 9.96. The number of H-pyrrole nitrogens is 4. The third-order valence-corrected chi connectivity index (χ3v) is 24.2. The number of benzene rings is 4. The Morgan fingerprint density at radius 2 is 0.710 bits per heavy atom. The summed E-state index contributed by atoms with van der Waals surface area (Å²) in [5.41, 5.74) is 3.46. The number of methoxy groups -OCH3 is 4. The molecule has 1 aliphatic heterocycles. The number of fused-ring (bicyclic) bond motifs is 4. The molecule has 8 aromatic heterocycles. The van der Waals surface area contributed by atoms with Crippen LogP contribution in [0.1, 0.15) is 140 Å². The number of nitrogens with zero attached hydrogens (tertiary/aromatic N) is 8. The average Bonchev–Trinajstić information content (AvgIpc) is 1.63. The van der Waals surface area contributed by atoms with Crippen molar-refractivity contribution < 1.29 is 138 Å². The van der Waals surface area contributed by atoms with E-state index in [2.05, 4.69) is 55.8 Å². The van der Waals surface area contributed by atoms with Crippen molar-refractivity contribution in [3.63, 3.8) is 0 Å². The number of aliphatic hydroxyl groups is 1. The minimum atomic E-state index is -3.50. The minimum absolute atomic E-state index is 0. The molecule has 131 heavy (non-hydrogen) atoms. The molecular weight excluding hydrogens is 2190 g/mol. The van der Waals surface area contributed by atoms with E-state index >= 15 is 0 Å². The van der Waals surface area contributed by atoms with Crippen LogP contribution in [-0.2, 0) is 102 Å². The number of halogens is 1. The maximum atomic E-state index is 13.2. The van der Waals surface area contributed by atoms with Crippen molar-refractivity contribution in [3.05, 3.63) is 216 Å². The molecule has 0 saturated carbocycles. The average molecular weight is 2300 g/mol. The number of esters is 1. The first-order valence-corrected chi connectivity index (χ1v) is 48.1.